The molecule has 0 unspecified atom stereocenters. The Morgan fingerprint density at radius 2 is 1.80 bits per heavy atom. The summed E-state index contributed by atoms with van der Waals surface area (Å²) in [6.45, 7) is 6.02. The standard InChI is InChI=1S/C12H24O3/c1-4-7-8-9-11(13)15-10-12(14,5-2)6-3/h14H,4-10H2,1-3H3. The molecular weight excluding hydrogens is 192 g/mol. The summed E-state index contributed by atoms with van der Waals surface area (Å²) >= 11 is 0. The molecule has 0 amide bonds. The summed E-state index contributed by atoms with van der Waals surface area (Å²) in [5, 5.41) is 9.87. The molecular formula is C12H24O3. The number of rotatable bonds is 8. The van der Waals surface area contributed by atoms with Crippen molar-refractivity contribution in [2.75, 3.05) is 6.61 Å². The summed E-state index contributed by atoms with van der Waals surface area (Å²) in [7, 11) is 0. The number of esters is 1. The van der Waals surface area contributed by atoms with Crippen molar-refractivity contribution in [3.05, 3.63) is 0 Å². The Bertz CT molecular complexity index is 174. The van der Waals surface area contributed by atoms with Crippen molar-refractivity contribution in [2.45, 2.75) is 64.9 Å². The molecule has 0 spiro atoms. The Morgan fingerprint density at radius 3 is 2.27 bits per heavy atom. The minimum Gasteiger partial charge on any atom is -0.463 e. The summed E-state index contributed by atoms with van der Waals surface area (Å²) in [6.07, 6.45) is 4.74. The Morgan fingerprint density at radius 1 is 1.20 bits per heavy atom. The molecule has 0 saturated carbocycles. The molecule has 0 bridgehead atoms. The van der Waals surface area contributed by atoms with Gasteiger partial charge in [-0.15, -0.1) is 0 Å². The Kier molecular flexibility index (Phi) is 7.39. The quantitative estimate of drug-likeness (QED) is 0.501. The molecule has 0 aliphatic heterocycles. The minimum atomic E-state index is -0.833. The second kappa shape index (κ2) is 7.69. The number of ether oxygens (including phenoxy) is 1. The fourth-order valence-corrected chi connectivity index (χ4v) is 1.26. The highest BCUT2D eigenvalue weighted by Crippen LogP contribution is 2.15. The smallest absolute Gasteiger partial charge is 0.305 e. The van der Waals surface area contributed by atoms with Crippen molar-refractivity contribution in [3.63, 3.8) is 0 Å². The van der Waals surface area contributed by atoms with Crippen LogP contribution in [0.1, 0.15) is 59.3 Å². The molecule has 0 heterocycles. The maximum Gasteiger partial charge on any atom is 0.305 e. The van der Waals surface area contributed by atoms with E-state index in [1.807, 2.05) is 13.8 Å². The van der Waals surface area contributed by atoms with Gasteiger partial charge < -0.3 is 9.84 Å². The number of unbranched alkanes of at least 4 members (excludes halogenated alkanes) is 2. The van der Waals surface area contributed by atoms with Crippen LogP contribution in [0.15, 0.2) is 0 Å². The maximum absolute atomic E-state index is 11.3. The van der Waals surface area contributed by atoms with Gasteiger partial charge >= 0.3 is 5.97 Å². The van der Waals surface area contributed by atoms with Crippen molar-refractivity contribution >= 4 is 5.97 Å². The molecule has 0 rings (SSSR count). The first-order valence-corrected chi connectivity index (χ1v) is 5.96. The van der Waals surface area contributed by atoms with E-state index in [9.17, 15) is 9.90 Å². The Labute approximate surface area is 92.8 Å². The van der Waals surface area contributed by atoms with E-state index in [1.165, 1.54) is 0 Å². The van der Waals surface area contributed by atoms with E-state index in [0.29, 0.717) is 19.3 Å². The number of carbonyl (C=O) groups excluding carboxylic acids is 1. The average molecular weight is 216 g/mol. The lowest BCUT2D eigenvalue weighted by Crippen LogP contribution is -2.33. The predicted molar refractivity (Wildman–Crippen MR) is 60.6 cm³/mol. The molecule has 0 aliphatic rings. The Hall–Kier alpha value is -0.570. The third-order valence-electron chi connectivity index (χ3n) is 2.80. The summed E-state index contributed by atoms with van der Waals surface area (Å²) in [6, 6.07) is 0. The zero-order valence-electron chi connectivity index (χ0n) is 10.2. The molecule has 0 aliphatic carbocycles. The van der Waals surface area contributed by atoms with E-state index in [0.717, 1.165) is 19.3 Å². The molecule has 0 aromatic carbocycles. The molecule has 3 nitrogen and oxygen atoms in total. The van der Waals surface area contributed by atoms with Gasteiger partial charge in [-0.05, 0) is 19.3 Å². The summed E-state index contributed by atoms with van der Waals surface area (Å²) in [5.41, 5.74) is -0.833. The highest BCUT2D eigenvalue weighted by atomic mass is 16.5. The maximum atomic E-state index is 11.3. The molecule has 3 heteroatoms. The van der Waals surface area contributed by atoms with E-state index >= 15 is 0 Å². The van der Waals surface area contributed by atoms with Gasteiger partial charge in [-0.1, -0.05) is 33.6 Å². The fraction of sp³-hybridized carbons (Fsp3) is 0.917. The molecule has 0 saturated heterocycles. The van der Waals surface area contributed by atoms with Crippen LogP contribution in [0.3, 0.4) is 0 Å². The van der Waals surface area contributed by atoms with Gasteiger partial charge in [-0.2, -0.15) is 0 Å². The highest BCUT2D eigenvalue weighted by molar-refractivity contribution is 5.69. The molecule has 0 fully saturated rings. The van der Waals surface area contributed by atoms with E-state index in [2.05, 4.69) is 6.92 Å². The molecule has 0 aromatic rings. The summed E-state index contributed by atoms with van der Waals surface area (Å²) in [4.78, 5) is 11.3. The van der Waals surface area contributed by atoms with Crippen LogP contribution in [0.5, 0.6) is 0 Å². The molecule has 90 valence electrons. The van der Waals surface area contributed by atoms with Crippen LogP contribution >= 0.6 is 0 Å². The van der Waals surface area contributed by atoms with E-state index < -0.39 is 5.60 Å². The lowest BCUT2D eigenvalue weighted by atomic mass is 9.99. The van der Waals surface area contributed by atoms with Gasteiger partial charge in [0.1, 0.15) is 6.61 Å². The number of aliphatic hydroxyl groups is 1. The Balaban J connectivity index is 3.69. The molecule has 0 atom stereocenters. The zero-order valence-corrected chi connectivity index (χ0v) is 10.2. The number of hydrogen-bond acceptors (Lipinski definition) is 3. The number of carbonyl (C=O) groups is 1. The predicted octanol–water partition coefficient (Wildman–Crippen LogP) is 2.66. The van der Waals surface area contributed by atoms with Gasteiger partial charge in [-0.25, -0.2) is 0 Å². The third-order valence-corrected chi connectivity index (χ3v) is 2.80. The van der Waals surface area contributed by atoms with Crippen LogP contribution in [-0.2, 0) is 9.53 Å². The topological polar surface area (TPSA) is 46.5 Å². The average Bonchev–Trinajstić information content (AvgIpc) is 2.26. The normalized spacial score (nSPS) is 11.5. The lowest BCUT2D eigenvalue weighted by Gasteiger charge is -2.24. The first-order chi connectivity index (χ1) is 7.08. The van der Waals surface area contributed by atoms with Crippen molar-refractivity contribution < 1.29 is 14.6 Å². The lowest BCUT2D eigenvalue weighted by molar-refractivity contribution is -0.152. The number of hydrogen-bond donors (Lipinski definition) is 1. The minimum absolute atomic E-state index is 0.130. The van der Waals surface area contributed by atoms with Crippen LogP contribution in [0.4, 0.5) is 0 Å². The van der Waals surface area contributed by atoms with Gasteiger partial charge in [0.2, 0.25) is 0 Å². The second-order valence-electron chi connectivity index (χ2n) is 4.05. The van der Waals surface area contributed by atoms with Gasteiger partial charge in [0, 0.05) is 6.42 Å². The van der Waals surface area contributed by atoms with Gasteiger partial charge in [0.25, 0.3) is 0 Å². The molecule has 0 radical (unpaired) electrons. The van der Waals surface area contributed by atoms with Crippen molar-refractivity contribution in [3.8, 4) is 0 Å². The fourth-order valence-electron chi connectivity index (χ4n) is 1.26. The molecule has 15 heavy (non-hydrogen) atoms. The van der Waals surface area contributed by atoms with Crippen molar-refractivity contribution in [2.24, 2.45) is 0 Å². The van der Waals surface area contributed by atoms with Crippen LogP contribution in [-0.4, -0.2) is 23.3 Å². The van der Waals surface area contributed by atoms with E-state index in [4.69, 9.17) is 4.74 Å². The first kappa shape index (κ1) is 14.4. The van der Waals surface area contributed by atoms with E-state index in [1.54, 1.807) is 0 Å². The summed E-state index contributed by atoms with van der Waals surface area (Å²) < 4.78 is 5.05. The third kappa shape index (κ3) is 6.50. The molecule has 0 aromatic heterocycles. The van der Waals surface area contributed by atoms with Crippen LogP contribution in [0.2, 0.25) is 0 Å². The largest absolute Gasteiger partial charge is 0.463 e. The van der Waals surface area contributed by atoms with Crippen molar-refractivity contribution in [1.29, 1.82) is 0 Å². The zero-order chi connectivity index (χ0) is 11.7. The van der Waals surface area contributed by atoms with Crippen LogP contribution in [0, 0.1) is 0 Å². The van der Waals surface area contributed by atoms with Crippen molar-refractivity contribution in [1.82, 2.24) is 0 Å². The molecule has 1 N–H and O–H groups in total. The first-order valence-electron chi connectivity index (χ1n) is 5.96. The van der Waals surface area contributed by atoms with Gasteiger partial charge in [0.15, 0.2) is 0 Å². The SMILES string of the molecule is CCCCCC(=O)OCC(O)(CC)CC. The van der Waals surface area contributed by atoms with E-state index in [-0.39, 0.29) is 12.6 Å². The van der Waals surface area contributed by atoms with Crippen LogP contribution in [0.25, 0.3) is 0 Å². The monoisotopic (exact) mass is 216 g/mol. The second-order valence-corrected chi connectivity index (χ2v) is 4.05. The van der Waals surface area contributed by atoms with Gasteiger partial charge in [0.05, 0.1) is 5.60 Å². The van der Waals surface area contributed by atoms with Gasteiger partial charge in [-0.3, -0.25) is 4.79 Å². The van der Waals surface area contributed by atoms with Crippen LogP contribution < -0.4 is 0 Å². The summed E-state index contributed by atoms with van der Waals surface area (Å²) in [5.74, 6) is -0.191. The highest BCUT2D eigenvalue weighted by Gasteiger charge is 2.23.